The summed E-state index contributed by atoms with van der Waals surface area (Å²) in [6.45, 7) is 0. The Labute approximate surface area is 332 Å². The summed E-state index contributed by atoms with van der Waals surface area (Å²) in [5.41, 5.74) is 10.9. The van der Waals surface area contributed by atoms with Gasteiger partial charge in [-0.3, -0.25) is 0 Å². The number of rotatable bonds is 3. The van der Waals surface area contributed by atoms with Gasteiger partial charge in [0.2, 0.25) is 0 Å². The highest BCUT2D eigenvalue weighted by Gasteiger charge is 2.22. The predicted molar refractivity (Wildman–Crippen MR) is 245 cm³/mol. The molecule has 58 heavy (non-hydrogen) atoms. The summed E-state index contributed by atoms with van der Waals surface area (Å²) >= 11 is 0. The summed E-state index contributed by atoms with van der Waals surface area (Å²) in [7, 11) is 0. The highest BCUT2D eigenvalue weighted by Crippen LogP contribution is 2.49. The second-order valence-corrected chi connectivity index (χ2v) is 15.5. The Hall–Kier alpha value is -7.68. The second-order valence-electron chi connectivity index (χ2n) is 15.5. The fourth-order valence-electron chi connectivity index (χ4n) is 9.91. The van der Waals surface area contributed by atoms with Gasteiger partial charge in [-0.1, -0.05) is 164 Å². The van der Waals surface area contributed by atoms with Gasteiger partial charge in [-0.15, -0.1) is 0 Å². The topological polar surface area (TPSA) is 26.3 Å². The largest absolute Gasteiger partial charge is 0.455 e. The van der Waals surface area contributed by atoms with Gasteiger partial charge in [0.05, 0.1) is 0 Å². The van der Waals surface area contributed by atoms with Crippen LogP contribution in [0.5, 0.6) is 0 Å². The summed E-state index contributed by atoms with van der Waals surface area (Å²) in [5, 5.41) is 16.4. The fraction of sp³-hybridized carbons (Fsp3) is 0. The molecule has 11 aromatic carbocycles. The molecule has 2 heteroatoms. The van der Waals surface area contributed by atoms with E-state index in [1.54, 1.807) is 0 Å². The van der Waals surface area contributed by atoms with Gasteiger partial charge in [-0.25, -0.2) is 0 Å². The van der Waals surface area contributed by atoms with Crippen LogP contribution in [-0.2, 0) is 0 Å². The van der Waals surface area contributed by atoms with Crippen molar-refractivity contribution in [1.29, 1.82) is 0 Å². The molecule has 0 spiro atoms. The SMILES string of the molecule is c1ccc2c(-c3c4cccc(-c5cc6c7ccccc7oc6c6ccccc56)c4cc4c(-c5cc6c7ccccc7oc6c6ccccc56)cccc34)cccc2c1. The van der Waals surface area contributed by atoms with Crippen LogP contribution in [0.4, 0.5) is 0 Å². The van der Waals surface area contributed by atoms with E-state index in [1.807, 2.05) is 12.1 Å². The third-order valence-electron chi connectivity index (χ3n) is 12.4. The summed E-state index contributed by atoms with van der Waals surface area (Å²) in [6.07, 6.45) is 0. The maximum Gasteiger partial charge on any atom is 0.143 e. The fourth-order valence-corrected chi connectivity index (χ4v) is 9.91. The van der Waals surface area contributed by atoms with Crippen molar-refractivity contribution in [3.63, 3.8) is 0 Å². The molecule has 0 aliphatic heterocycles. The lowest BCUT2D eigenvalue weighted by molar-refractivity contribution is 0.672. The van der Waals surface area contributed by atoms with E-state index in [-0.39, 0.29) is 0 Å². The molecule has 0 radical (unpaired) electrons. The minimum absolute atomic E-state index is 0.904. The summed E-state index contributed by atoms with van der Waals surface area (Å²) in [5.74, 6) is 0. The van der Waals surface area contributed by atoms with Gasteiger partial charge in [0.15, 0.2) is 0 Å². The van der Waals surface area contributed by atoms with Crippen LogP contribution in [-0.4, -0.2) is 0 Å². The average molecular weight is 737 g/mol. The summed E-state index contributed by atoms with van der Waals surface area (Å²) in [4.78, 5) is 0. The zero-order valence-electron chi connectivity index (χ0n) is 31.3. The molecule has 268 valence electrons. The maximum atomic E-state index is 6.56. The Morgan fingerprint density at radius 1 is 0.224 bits per heavy atom. The molecule has 0 aliphatic rings. The van der Waals surface area contributed by atoms with Crippen LogP contribution in [0.2, 0.25) is 0 Å². The van der Waals surface area contributed by atoms with Crippen LogP contribution in [0.1, 0.15) is 0 Å². The van der Waals surface area contributed by atoms with E-state index in [1.165, 1.54) is 76.5 Å². The standard InChI is InChI=1S/C56H32O2/c1-2-16-34-33(14-1)15-11-25-41(34)54-42-26-12-23-37(46-31-50-39-19-7-9-28-52(39)57-55(50)44-21-5-3-17-35(44)46)48(42)30-49-38(24-13-27-43(49)54)47-32-51-40-20-8-10-29-53(40)58-56(51)45-22-6-4-18-36(45)47/h1-32H. The van der Waals surface area contributed by atoms with Crippen molar-refractivity contribution in [1.82, 2.24) is 0 Å². The van der Waals surface area contributed by atoms with Crippen molar-refractivity contribution < 1.29 is 8.83 Å². The van der Waals surface area contributed by atoms with Crippen molar-refractivity contribution in [3.05, 3.63) is 194 Å². The normalized spacial score (nSPS) is 12.1. The first-order valence-electron chi connectivity index (χ1n) is 19.9. The molecule has 0 N–H and O–H groups in total. The van der Waals surface area contributed by atoms with E-state index in [0.717, 1.165) is 54.6 Å². The quantitative estimate of drug-likeness (QED) is 0.169. The molecule has 2 nitrogen and oxygen atoms in total. The van der Waals surface area contributed by atoms with Gasteiger partial charge in [0.1, 0.15) is 22.3 Å². The van der Waals surface area contributed by atoms with E-state index in [4.69, 9.17) is 8.83 Å². The predicted octanol–water partition coefficient (Wildman–Crippen LogP) is 16.3. The Kier molecular flexibility index (Phi) is 6.47. The van der Waals surface area contributed by atoms with E-state index in [9.17, 15) is 0 Å². The van der Waals surface area contributed by atoms with Gasteiger partial charge < -0.3 is 8.83 Å². The zero-order valence-corrected chi connectivity index (χ0v) is 31.3. The van der Waals surface area contributed by atoms with Crippen LogP contribution in [0, 0.1) is 0 Å². The van der Waals surface area contributed by atoms with Crippen LogP contribution < -0.4 is 0 Å². The average Bonchev–Trinajstić information content (AvgIpc) is 3.86. The zero-order chi connectivity index (χ0) is 37.9. The summed E-state index contributed by atoms with van der Waals surface area (Å²) < 4.78 is 13.1. The maximum absolute atomic E-state index is 6.56. The van der Waals surface area contributed by atoms with Crippen LogP contribution in [0.25, 0.3) is 131 Å². The van der Waals surface area contributed by atoms with Crippen molar-refractivity contribution in [3.8, 4) is 33.4 Å². The molecule has 0 unspecified atom stereocenters. The molecule has 0 aliphatic carbocycles. The van der Waals surface area contributed by atoms with Gasteiger partial charge in [-0.2, -0.15) is 0 Å². The van der Waals surface area contributed by atoms with Crippen molar-refractivity contribution in [2.75, 3.05) is 0 Å². The third-order valence-corrected chi connectivity index (χ3v) is 12.4. The highest BCUT2D eigenvalue weighted by atomic mass is 16.3. The lowest BCUT2D eigenvalue weighted by Gasteiger charge is -2.19. The molecule has 2 aromatic heterocycles. The minimum Gasteiger partial charge on any atom is -0.455 e. The van der Waals surface area contributed by atoms with Gasteiger partial charge >= 0.3 is 0 Å². The van der Waals surface area contributed by atoms with Crippen LogP contribution in [0.3, 0.4) is 0 Å². The second kappa shape index (κ2) is 11.9. The first-order valence-corrected chi connectivity index (χ1v) is 19.9. The first-order chi connectivity index (χ1) is 28.8. The van der Waals surface area contributed by atoms with Crippen molar-refractivity contribution >= 4 is 97.7 Å². The summed E-state index contributed by atoms with van der Waals surface area (Å²) in [6, 6.07) is 70.5. The van der Waals surface area contributed by atoms with Crippen molar-refractivity contribution in [2.24, 2.45) is 0 Å². The lowest BCUT2D eigenvalue weighted by atomic mass is 9.83. The van der Waals surface area contributed by atoms with E-state index in [2.05, 4.69) is 182 Å². The molecule has 0 saturated heterocycles. The Balaban J connectivity index is 1.21. The molecular formula is C56H32O2. The number of fused-ring (bicyclic) bond motifs is 13. The molecule has 0 saturated carbocycles. The molecule has 2 heterocycles. The van der Waals surface area contributed by atoms with E-state index < -0.39 is 0 Å². The Bertz CT molecular complexity index is 3640. The van der Waals surface area contributed by atoms with Gasteiger partial charge in [-0.05, 0) is 107 Å². The molecule has 13 aromatic rings. The molecule has 13 rings (SSSR count). The van der Waals surface area contributed by atoms with Crippen LogP contribution >= 0.6 is 0 Å². The first kappa shape index (κ1) is 31.5. The van der Waals surface area contributed by atoms with E-state index >= 15 is 0 Å². The molecular weight excluding hydrogens is 705 g/mol. The lowest BCUT2D eigenvalue weighted by Crippen LogP contribution is -1.92. The number of hydrogen-bond acceptors (Lipinski definition) is 2. The highest BCUT2D eigenvalue weighted by molar-refractivity contribution is 6.27. The van der Waals surface area contributed by atoms with E-state index in [0.29, 0.717) is 0 Å². The van der Waals surface area contributed by atoms with Crippen molar-refractivity contribution in [2.45, 2.75) is 0 Å². The monoisotopic (exact) mass is 736 g/mol. The number of hydrogen-bond donors (Lipinski definition) is 0. The molecule has 0 fully saturated rings. The van der Waals surface area contributed by atoms with Gasteiger partial charge in [0, 0.05) is 32.3 Å². The molecule has 0 atom stereocenters. The molecule has 0 amide bonds. The Morgan fingerprint density at radius 2 is 0.621 bits per heavy atom. The van der Waals surface area contributed by atoms with Crippen LogP contribution in [0.15, 0.2) is 203 Å². The minimum atomic E-state index is 0.904. The smallest absolute Gasteiger partial charge is 0.143 e. The number of furan rings is 2. The number of para-hydroxylation sites is 2. The molecule has 0 bridgehead atoms. The third kappa shape index (κ3) is 4.37. The number of benzene rings is 11. The Morgan fingerprint density at radius 3 is 1.17 bits per heavy atom. The van der Waals surface area contributed by atoms with Gasteiger partial charge in [0.25, 0.3) is 0 Å².